The van der Waals surface area contributed by atoms with Crippen LogP contribution in [0.3, 0.4) is 0 Å². The van der Waals surface area contributed by atoms with Gasteiger partial charge in [-0.3, -0.25) is 0 Å². The average Bonchev–Trinajstić information content (AvgIpc) is 2.24. The van der Waals surface area contributed by atoms with Crippen molar-refractivity contribution in [3.05, 3.63) is 0 Å². The van der Waals surface area contributed by atoms with Gasteiger partial charge in [0.05, 0.1) is 0 Å². The van der Waals surface area contributed by atoms with Gasteiger partial charge in [-0.2, -0.15) is 61.5 Å². The molecule has 0 aliphatic heterocycles. The van der Waals surface area contributed by atoms with Crippen molar-refractivity contribution >= 4 is 0 Å². The van der Waals surface area contributed by atoms with E-state index in [4.69, 9.17) is 5.11 Å². The van der Waals surface area contributed by atoms with Crippen LogP contribution in [0.15, 0.2) is 0 Å². The van der Waals surface area contributed by atoms with Crippen LogP contribution in [-0.2, 0) is 0 Å². The van der Waals surface area contributed by atoms with Gasteiger partial charge in [0, 0.05) is 0 Å². The molecule has 0 unspecified atom stereocenters. The monoisotopic (exact) mass is 368 g/mol. The Morgan fingerprint density at radius 1 is 0.455 bits per heavy atom. The third-order valence-electron chi connectivity index (χ3n) is 2.24. The van der Waals surface area contributed by atoms with Gasteiger partial charge in [0.1, 0.15) is 0 Å². The van der Waals surface area contributed by atoms with E-state index < -0.39 is 42.1 Å². The Morgan fingerprint density at radius 2 is 0.636 bits per heavy atom. The molecule has 0 rings (SSSR count). The summed E-state index contributed by atoms with van der Waals surface area (Å²) in [6.07, 6.45) is -20.6. The predicted molar refractivity (Wildman–Crippen MR) is 37.9 cm³/mol. The molecule has 0 amide bonds. The molecule has 0 aliphatic rings. The number of hydrogen-bond donors (Lipinski definition) is 1. The van der Waals surface area contributed by atoms with Gasteiger partial charge >= 0.3 is 36.0 Å². The third-order valence-corrected chi connectivity index (χ3v) is 2.24. The molecule has 0 saturated heterocycles. The zero-order valence-electron chi connectivity index (χ0n) is 9.32. The van der Waals surface area contributed by atoms with Gasteiger partial charge in [0.15, 0.2) is 6.10 Å². The highest BCUT2D eigenvalue weighted by Crippen LogP contribution is 2.55. The smallest absolute Gasteiger partial charge is 0.381 e. The number of aliphatic hydroxyl groups excluding tert-OH is 1. The van der Waals surface area contributed by atoms with Crippen LogP contribution in [0.1, 0.15) is 0 Å². The Bertz CT molecular complexity index is 364. The summed E-state index contributed by atoms with van der Waals surface area (Å²) in [5, 5.41) is 8.04. The van der Waals surface area contributed by atoms with Crippen LogP contribution in [0.5, 0.6) is 0 Å². The first-order valence-corrected chi connectivity index (χ1v) is 4.48. The maximum Gasteiger partial charge on any atom is 0.459 e. The normalized spacial score (nSPS) is 16.4. The van der Waals surface area contributed by atoms with Crippen molar-refractivity contribution in [3.8, 4) is 0 Å². The zero-order valence-corrected chi connectivity index (χ0v) is 9.32. The largest absolute Gasteiger partial charge is 0.459 e. The molecule has 134 valence electrons. The van der Waals surface area contributed by atoms with E-state index >= 15 is 0 Å². The molecule has 0 aromatic heterocycles. The number of aliphatic hydroxyl groups is 1. The zero-order chi connectivity index (χ0) is 18.6. The molecule has 0 atom stereocenters. The molecule has 0 aliphatic carbocycles. The van der Waals surface area contributed by atoms with Crippen molar-refractivity contribution in [2.75, 3.05) is 0 Å². The molecule has 0 aromatic carbocycles. The van der Waals surface area contributed by atoms with Crippen LogP contribution in [0, 0.1) is 0 Å². The van der Waals surface area contributed by atoms with Crippen LogP contribution < -0.4 is 0 Å². The van der Waals surface area contributed by atoms with Gasteiger partial charge in [0.25, 0.3) is 0 Å². The fourth-order valence-electron chi connectivity index (χ4n) is 0.949. The number of halogens is 14. The van der Waals surface area contributed by atoms with Gasteiger partial charge in [-0.05, 0) is 0 Å². The van der Waals surface area contributed by atoms with Crippen molar-refractivity contribution in [1.82, 2.24) is 0 Å². The van der Waals surface area contributed by atoms with E-state index in [0.717, 1.165) is 0 Å². The first kappa shape index (κ1) is 21.0. The van der Waals surface area contributed by atoms with E-state index in [1.807, 2.05) is 0 Å². The number of alkyl halides is 14. The minimum Gasteiger partial charge on any atom is -0.381 e. The number of hydrogen-bond acceptors (Lipinski definition) is 1. The molecule has 0 radical (unpaired) electrons. The number of rotatable bonds is 4. The lowest BCUT2D eigenvalue weighted by Gasteiger charge is -2.37. The SMILES string of the molecule is OC(C(F)(F)C(F)(F)C(F)(F)F)C(F)(F)C(F)(F)C(F)(F)F. The van der Waals surface area contributed by atoms with E-state index in [-0.39, 0.29) is 0 Å². The Balaban J connectivity index is 6.00. The Kier molecular flexibility index (Phi) is 4.76. The van der Waals surface area contributed by atoms with Gasteiger partial charge in [-0.1, -0.05) is 0 Å². The molecule has 0 heterocycles. The van der Waals surface area contributed by atoms with E-state index in [0.29, 0.717) is 0 Å². The lowest BCUT2D eigenvalue weighted by atomic mass is 9.95. The molecule has 0 spiro atoms. The van der Waals surface area contributed by atoms with Gasteiger partial charge in [-0.25, -0.2) is 0 Å². The minimum atomic E-state index is -7.51. The Hall–Kier alpha value is -1.02. The van der Waals surface area contributed by atoms with E-state index in [1.165, 1.54) is 0 Å². The fraction of sp³-hybridized carbons (Fsp3) is 1.00. The predicted octanol–water partition coefficient (Wildman–Crippen LogP) is 4.01. The minimum absolute atomic E-state index is 5.99. The summed E-state index contributed by atoms with van der Waals surface area (Å²) in [4.78, 5) is 0. The molecule has 15 heteroatoms. The van der Waals surface area contributed by atoms with Gasteiger partial charge < -0.3 is 5.11 Å². The topological polar surface area (TPSA) is 20.2 Å². The molecular weight excluding hydrogens is 366 g/mol. The summed E-state index contributed by atoms with van der Waals surface area (Å²) in [7, 11) is 0. The second-order valence-electron chi connectivity index (χ2n) is 3.79. The fourth-order valence-corrected chi connectivity index (χ4v) is 0.949. The molecule has 0 aromatic rings. The maximum absolute atomic E-state index is 12.6. The lowest BCUT2D eigenvalue weighted by molar-refractivity contribution is -0.420. The molecule has 1 N–H and O–H groups in total. The van der Waals surface area contributed by atoms with Crippen LogP contribution in [0.4, 0.5) is 61.5 Å². The van der Waals surface area contributed by atoms with E-state index in [2.05, 4.69) is 0 Å². The highest BCUT2D eigenvalue weighted by Gasteiger charge is 2.85. The van der Waals surface area contributed by atoms with Crippen LogP contribution in [-0.4, -0.2) is 47.3 Å². The highest BCUT2D eigenvalue weighted by molar-refractivity contribution is 5.06. The summed E-state index contributed by atoms with van der Waals surface area (Å²) in [6.45, 7) is 0. The first-order valence-electron chi connectivity index (χ1n) is 4.48. The van der Waals surface area contributed by atoms with Gasteiger partial charge in [0.2, 0.25) is 0 Å². The molecule has 1 nitrogen and oxygen atoms in total. The van der Waals surface area contributed by atoms with Crippen molar-refractivity contribution in [2.45, 2.75) is 42.1 Å². The molecule has 0 fully saturated rings. The van der Waals surface area contributed by atoms with Crippen molar-refractivity contribution in [3.63, 3.8) is 0 Å². The quantitative estimate of drug-likeness (QED) is 0.744. The van der Waals surface area contributed by atoms with Crippen molar-refractivity contribution in [2.24, 2.45) is 0 Å². The molecule has 0 saturated carbocycles. The lowest BCUT2D eigenvalue weighted by Crippen LogP contribution is -2.68. The van der Waals surface area contributed by atoms with Crippen LogP contribution in [0.2, 0.25) is 0 Å². The van der Waals surface area contributed by atoms with Crippen molar-refractivity contribution in [1.29, 1.82) is 0 Å². The molecule has 0 bridgehead atoms. The van der Waals surface area contributed by atoms with Crippen LogP contribution >= 0.6 is 0 Å². The maximum atomic E-state index is 12.6. The highest BCUT2D eigenvalue weighted by atomic mass is 19.4. The Labute approximate surface area is 110 Å². The second-order valence-corrected chi connectivity index (χ2v) is 3.79. The molecular formula is C7H2F14O. The Morgan fingerprint density at radius 3 is 0.773 bits per heavy atom. The van der Waals surface area contributed by atoms with E-state index in [9.17, 15) is 61.5 Å². The summed E-state index contributed by atoms with van der Waals surface area (Å²) >= 11 is 0. The first-order chi connectivity index (χ1) is 9.15. The summed E-state index contributed by atoms with van der Waals surface area (Å²) in [5.74, 6) is -29.8. The summed E-state index contributed by atoms with van der Waals surface area (Å²) in [5.41, 5.74) is 0. The average molecular weight is 368 g/mol. The summed E-state index contributed by atoms with van der Waals surface area (Å²) < 4.78 is 169. The standard InChI is InChI=1S/C7H2F14O/c8-2(9,4(12,13)6(16,17)18)1(22)3(10,11)5(14,15)7(19,20)21/h1,22H. The van der Waals surface area contributed by atoms with E-state index in [1.54, 1.807) is 0 Å². The second kappa shape index (κ2) is 4.99. The van der Waals surface area contributed by atoms with Crippen LogP contribution in [0.25, 0.3) is 0 Å². The third kappa shape index (κ3) is 2.78. The molecule has 22 heavy (non-hydrogen) atoms. The van der Waals surface area contributed by atoms with Gasteiger partial charge in [-0.15, -0.1) is 0 Å². The summed E-state index contributed by atoms with van der Waals surface area (Å²) in [6, 6.07) is 0. The van der Waals surface area contributed by atoms with Crippen molar-refractivity contribution < 1.29 is 66.6 Å².